The lowest BCUT2D eigenvalue weighted by atomic mass is 10.2. The number of fused-ring (bicyclic) bond motifs is 1. The van der Waals surface area contributed by atoms with Crippen molar-refractivity contribution in [2.24, 2.45) is 0 Å². The third-order valence-electron chi connectivity index (χ3n) is 4.94. The van der Waals surface area contributed by atoms with E-state index in [4.69, 9.17) is 25.5 Å². The van der Waals surface area contributed by atoms with Gasteiger partial charge in [0.1, 0.15) is 29.2 Å². The molecule has 0 saturated heterocycles. The van der Waals surface area contributed by atoms with Crippen molar-refractivity contribution in [2.75, 3.05) is 31.2 Å². The van der Waals surface area contributed by atoms with Crippen molar-refractivity contribution in [3.63, 3.8) is 0 Å². The predicted octanol–water partition coefficient (Wildman–Crippen LogP) is 5.53. The Hall–Kier alpha value is -3.71. The number of para-hydroxylation sites is 3. The molecule has 33 heavy (non-hydrogen) atoms. The second kappa shape index (κ2) is 10.7. The number of anilines is 1. The van der Waals surface area contributed by atoms with Crippen LogP contribution in [0.15, 0.2) is 77.2 Å². The Morgan fingerprint density at radius 2 is 1.70 bits per heavy atom. The third kappa shape index (κ3) is 5.96. The van der Waals surface area contributed by atoms with E-state index in [2.05, 4.69) is 4.98 Å². The summed E-state index contributed by atoms with van der Waals surface area (Å²) >= 11 is 5.93. The largest absolute Gasteiger partial charge is 0.493 e. The molecule has 3 aromatic carbocycles. The van der Waals surface area contributed by atoms with Gasteiger partial charge in [-0.15, -0.1) is 0 Å². The quantitative estimate of drug-likeness (QED) is 0.291. The molecular formula is C25H23ClN2O5. The van der Waals surface area contributed by atoms with E-state index in [-0.39, 0.29) is 5.56 Å². The van der Waals surface area contributed by atoms with E-state index in [1.54, 1.807) is 30.3 Å². The van der Waals surface area contributed by atoms with Crippen LogP contribution in [0.25, 0.3) is 11.1 Å². The zero-order valence-corrected chi connectivity index (χ0v) is 18.6. The Morgan fingerprint density at radius 3 is 2.48 bits per heavy atom. The Bertz CT molecular complexity index is 1180. The third-order valence-corrected chi connectivity index (χ3v) is 5.20. The number of oxazole rings is 1. The van der Waals surface area contributed by atoms with Crippen LogP contribution in [0.1, 0.15) is 16.8 Å². The Balaban J connectivity index is 1.39. The topological polar surface area (TPSA) is 85.0 Å². The SMILES string of the molecule is O=C(O)c1ccccc1OCCCN(CCOc1ccc(Cl)cc1)c1nc2ccccc2o1. The van der Waals surface area contributed by atoms with Crippen molar-refractivity contribution in [3.05, 3.63) is 83.4 Å². The number of aromatic carboxylic acids is 1. The molecule has 0 aliphatic rings. The molecule has 4 aromatic rings. The van der Waals surface area contributed by atoms with Gasteiger partial charge in [-0.2, -0.15) is 4.98 Å². The summed E-state index contributed by atoms with van der Waals surface area (Å²) in [5.41, 5.74) is 1.63. The van der Waals surface area contributed by atoms with Crippen molar-refractivity contribution in [2.45, 2.75) is 6.42 Å². The van der Waals surface area contributed by atoms with Crippen LogP contribution >= 0.6 is 11.6 Å². The first-order chi connectivity index (χ1) is 16.1. The summed E-state index contributed by atoms with van der Waals surface area (Å²) in [5, 5.41) is 9.96. The minimum Gasteiger partial charge on any atom is -0.493 e. The number of carboxylic acids is 1. The summed E-state index contributed by atoms with van der Waals surface area (Å²) in [4.78, 5) is 17.9. The van der Waals surface area contributed by atoms with E-state index in [1.807, 2.05) is 41.3 Å². The molecule has 0 aliphatic heterocycles. The van der Waals surface area contributed by atoms with Gasteiger partial charge in [0.15, 0.2) is 5.58 Å². The van der Waals surface area contributed by atoms with Crippen LogP contribution < -0.4 is 14.4 Å². The van der Waals surface area contributed by atoms with Gasteiger partial charge < -0.3 is 23.9 Å². The fourth-order valence-electron chi connectivity index (χ4n) is 3.31. The molecule has 4 rings (SSSR count). The summed E-state index contributed by atoms with van der Waals surface area (Å²) in [5.74, 6) is 0.0630. The van der Waals surface area contributed by atoms with Gasteiger partial charge in [-0.05, 0) is 55.0 Å². The average Bonchev–Trinajstić information content (AvgIpc) is 3.26. The van der Waals surface area contributed by atoms with E-state index in [1.165, 1.54) is 6.07 Å². The lowest BCUT2D eigenvalue weighted by molar-refractivity contribution is 0.0692. The van der Waals surface area contributed by atoms with Crippen LogP contribution in [0.2, 0.25) is 5.02 Å². The highest BCUT2D eigenvalue weighted by Crippen LogP contribution is 2.23. The van der Waals surface area contributed by atoms with Crippen molar-refractivity contribution >= 4 is 34.7 Å². The fourth-order valence-corrected chi connectivity index (χ4v) is 3.44. The van der Waals surface area contributed by atoms with Gasteiger partial charge in [-0.25, -0.2) is 4.79 Å². The molecule has 8 heteroatoms. The average molecular weight is 467 g/mol. The van der Waals surface area contributed by atoms with Crippen molar-refractivity contribution < 1.29 is 23.8 Å². The first-order valence-corrected chi connectivity index (χ1v) is 10.9. The first kappa shape index (κ1) is 22.5. The summed E-state index contributed by atoms with van der Waals surface area (Å²) in [6, 6.07) is 21.9. The maximum atomic E-state index is 11.4. The van der Waals surface area contributed by atoms with E-state index in [0.717, 1.165) is 11.3 Å². The van der Waals surface area contributed by atoms with Gasteiger partial charge in [0.05, 0.1) is 13.2 Å². The van der Waals surface area contributed by atoms with E-state index in [9.17, 15) is 9.90 Å². The summed E-state index contributed by atoms with van der Waals surface area (Å²) in [6.45, 7) is 1.90. The number of carboxylic acid groups (broad SMARTS) is 1. The second-order valence-corrected chi connectivity index (χ2v) is 7.69. The zero-order chi connectivity index (χ0) is 23.0. The van der Waals surface area contributed by atoms with Crippen molar-refractivity contribution in [1.82, 2.24) is 4.98 Å². The zero-order valence-electron chi connectivity index (χ0n) is 17.8. The number of rotatable bonds is 11. The van der Waals surface area contributed by atoms with Gasteiger partial charge >= 0.3 is 5.97 Å². The molecule has 1 N–H and O–H groups in total. The van der Waals surface area contributed by atoms with Gasteiger partial charge in [-0.3, -0.25) is 0 Å². The monoisotopic (exact) mass is 466 g/mol. The lowest BCUT2D eigenvalue weighted by Crippen LogP contribution is -2.30. The number of hydrogen-bond donors (Lipinski definition) is 1. The summed E-state index contributed by atoms with van der Waals surface area (Å²) in [6.07, 6.45) is 0.633. The maximum Gasteiger partial charge on any atom is 0.339 e. The van der Waals surface area contributed by atoms with E-state index >= 15 is 0 Å². The number of ether oxygens (including phenoxy) is 2. The standard InChI is InChI=1S/C25H23ClN2O5/c26-18-10-12-19(13-11-18)31-17-15-28(25-27-21-7-2-4-9-23(21)33-25)14-5-16-32-22-8-3-1-6-20(22)24(29)30/h1-4,6-13H,5,14-17H2,(H,29,30). The fraction of sp³-hybridized carbons (Fsp3) is 0.200. The van der Waals surface area contributed by atoms with Crippen LogP contribution in [-0.2, 0) is 0 Å². The highest BCUT2D eigenvalue weighted by atomic mass is 35.5. The van der Waals surface area contributed by atoms with Gasteiger partial charge in [0, 0.05) is 11.6 Å². The molecule has 0 bridgehead atoms. The van der Waals surface area contributed by atoms with Gasteiger partial charge in [-0.1, -0.05) is 35.9 Å². The summed E-state index contributed by atoms with van der Waals surface area (Å²) < 4.78 is 17.5. The maximum absolute atomic E-state index is 11.4. The molecule has 1 aromatic heterocycles. The number of benzene rings is 3. The predicted molar refractivity (Wildman–Crippen MR) is 127 cm³/mol. The molecule has 0 radical (unpaired) electrons. The number of carbonyl (C=O) groups is 1. The number of nitrogens with zero attached hydrogens (tertiary/aromatic N) is 2. The number of aromatic nitrogens is 1. The molecule has 0 unspecified atom stereocenters. The number of halogens is 1. The van der Waals surface area contributed by atoms with Crippen LogP contribution in [0.5, 0.6) is 11.5 Å². The molecule has 0 amide bonds. The molecular weight excluding hydrogens is 444 g/mol. The van der Waals surface area contributed by atoms with Gasteiger partial charge in [0.2, 0.25) is 0 Å². The van der Waals surface area contributed by atoms with Crippen LogP contribution in [-0.4, -0.2) is 42.4 Å². The van der Waals surface area contributed by atoms with E-state index in [0.29, 0.717) is 55.1 Å². The summed E-state index contributed by atoms with van der Waals surface area (Å²) in [7, 11) is 0. The highest BCUT2D eigenvalue weighted by molar-refractivity contribution is 6.30. The molecule has 1 heterocycles. The van der Waals surface area contributed by atoms with Crippen LogP contribution in [0, 0.1) is 0 Å². The molecule has 170 valence electrons. The molecule has 0 fully saturated rings. The number of hydrogen-bond acceptors (Lipinski definition) is 6. The second-order valence-electron chi connectivity index (χ2n) is 7.26. The van der Waals surface area contributed by atoms with Crippen LogP contribution in [0.3, 0.4) is 0 Å². The van der Waals surface area contributed by atoms with Crippen molar-refractivity contribution in [3.8, 4) is 11.5 Å². The molecule has 7 nitrogen and oxygen atoms in total. The smallest absolute Gasteiger partial charge is 0.339 e. The highest BCUT2D eigenvalue weighted by Gasteiger charge is 2.15. The normalized spacial score (nSPS) is 10.8. The minimum absolute atomic E-state index is 0.143. The Kier molecular flexibility index (Phi) is 7.32. The van der Waals surface area contributed by atoms with Crippen molar-refractivity contribution in [1.29, 1.82) is 0 Å². The van der Waals surface area contributed by atoms with Gasteiger partial charge in [0.25, 0.3) is 6.01 Å². The minimum atomic E-state index is -1.02. The Morgan fingerprint density at radius 1 is 0.939 bits per heavy atom. The lowest BCUT2D eigenvalue weighted by Gasteiger charge is -2.21. The van der Waals surface area contributed by atoms with E-state index < -0.39 is 5.97 Å². The van der Waals surface area contributed by atoms with Crippen LogP contribution in [0.4, 0.5) is 6.01 Å². The molecule has 0 atom stereocenters. The molecule has 0 spiro atoms. The molecule has 0 saturated carbocycles. The first-order valence-electron chi connectivity index (χ1n) is 10.5. The molecule has 0 aliphatic carbocycles. The Labute approximate surface area is 196 Å².